The third-order valence-corrected chi connectivity index (χ3v) is 3.72. The standard InChI is InChI=1S/C18H18ClNO4/c1-23-16-11-14(17(24-2)10-13(16)19)20-18(22)9-8-15(21)12-6-4-3-5-7-12/h3-7,10-11H,8-9H2,1-2H3,(H,20,22). The summed E-state index contributed by atoms with van der Waals surface area (Å²) in [6.07, 6.45) is 0.199. The highest BCUT2D eigenvalue weighted by molar-refractivity contribution is 6.32. The monoisotopic (exact) mass is 347 g/mol. The number of hydrogen-bond acceptors (Lipinski definition) is 4. The van der Waals surface area contributed by atoms with E-state index in [-0.39, 0.29) is 24.5 Å². The Hall–Kier alpha value is -2.53. The van der Waals surface area contributed by atoms with Crippen LogP contribution < -0.4 is 14.8 Å². The van der Waals surface area contributed by atoms with Crippen LogP contribution in [0.15, 0.2) is 42.5 Å². The number of amides is 1. The molecule has 2 rings (SSSR count). The van der Waals surface area contributed by atoms with Crippen LogP contribution >= 0.6 is 11.6 Å². The van der Waals surface area contributed by atoms with E-state index >= 15 is 0 Å². The summed E-state index contributed by atoms with van der Waals surface area (Å²) in [4.78, 5) is 24.1. The SMILES string of the molecule is COc1cc(NC(=O)CCC(=O)c2ccccc2)c(OC)cc1Cl. The van der Waals surface area contributed by atoms with E-state index in [0.717, 1.165) is 0 Å². The number of ether oxygens (including phenoxy) is 2. The molecule has 126 valence electrons. The Morgan fingerprint density at radius 2 is 1.67 bits per heavy atom. The molecule has 5 nitrogen and oxygen atoms in total. The van der Waals surface area contributed by atoms with Gasteiger partial charge in [-0.1, -0.05) is 41.9 Å². The number of anilines is 1. The van der Waals surface area contributed by atoms with Crippen molar-refractivity contribution in [2.45, 2.75) is 12.8 Å². The van der Waals surface area contributed by atoms with Crippen molar-refractivity contribution in [3.8, 4) is 11.5 Å². The van der Waals surface area contributed by atoms with Crippen molar-refractivity contribution in [3.63, 3.8) is 0 Å². The number of halogens is 1. The van der Waals surface area contributed by atoms with E-state index in [1.54, 1.807) is 36.4 Å². The summed E-state index contributed by atoms with van der Waals surface area (Å²) in [6, 6.07) is 12.0. The van der Waals surface area contributed by atoms with E-state index in [1.165, 1.54) is 14.2 Å². The van der Waals surface area contributed by atoms with Gasteiger partial charge in [-0.05, 0) is 0 Å². The van der Waals surface area contributed by atoms with Crippen LogP contribution in [0.5, 0.6) is 11.5 Å². The van der Waals surface area contributed by atoms with Gasteiger partial charge in [0.2, 0.25) is 5.91 Å². The van der Waals surface area contributed by atoms with Crippen LogP contribution in [-0.2, 0) is 4.79 Å². The van der Waals surface area contributed by atoms with Crippen LogP contribution in [0.4, 0.5) is 5.69 Å². The first-order valence-corrected chi connectivity index (χ1v) is 7.72. The molecule has 24 heavy (non-hydrogen) atoms. The van der Waals surface area contributed by atoms with Crippen LogP contribution in [0.1, 0.15) is 23.2 Å². The van der Waals surface area contributed by atoms with Crippen molar-refractivity contribution >= 4 is 29.0 Å². The molecule has 0 spiro atoms. The summed E-state index contributed by atoms with van der Waals surface area (Å²) in [5.41, 5.74) is 1.03. The van der Waals surface area contributed by atoms with Gasteiger partial charge in [-0.2, -0.15) is 0 Å². The molecular weight excluding hydrogens is 330 g/mol. The lowest BCUT2D eigenvalue weighted by Crippen LogP contribution is -2.14. The van der Waals surface area contributed by atoms with Crippen molar-refractivity contribution < 1.29 is 19.1 Å². The molecule has 0 aliphatic carbocycles. The molecule has 0 saturated carbocycles. The molecule has 0 atom stereocenters. The molecule has 2 aromatic rings. The zero-order valence-corrected chi connectivity index (χ0v) is 14.2. The number of rotatable bonds is 7. The van der Waals surface area contributed by atoms with Gasteiger partial charge in [0.1, 0.15) is 11.5 Å². The zero-order chi connectivity index (χ0) is 17.5. The van der Waals surface area contributed by atoms with E-state index < -0.39 is 0 Å². The Morgan fingerprint density at radius 1 is 1.00 bits per heavy atom. The van der Waals surface area contributed by atoms with Gasteiger partial charge in [0, 0.05) is 30.5 Å². The van der Waals surface area contributed by atoms with Crippen LogP contribution in [0.2, 0.25) is 5.02 Å². The van der Waals surface area contributed by atoms with Crippen molar-refractivity contribution in [3.05, 3.63) is 53.1 Å². The van der Waals surface area contributed by atoms with Gasteiger partial charge in [0.05, 0.1) is 24.9 Å². The predicted octanol–water partition coefficient (Wildman–Crippen LogP) is 3.96. The maximum atomic E-state index is 12.1. The molecule has 0 aliphatic heterocycles. The molecule has 0 saturated heterocycles. The second-order valence-electron chi connectivity index (χ2n) is 5.02. The minimum Gasteiger partial charge on any atom is -0.495 e. The number of hydrogen-bond donors (Lipinski definition) is 1. The Kier molecular flexibility index (Phi) is 6.21. The molecule has 0 aliphatic rings. The summed E-state index contributed by atoms with van der Waals surface area (Å²) < 4.78 is 10.3. The molecule has 2 aromatic carbocycles. The van der Waals surface area contributed by atoms with Gasteiger partial charge in [-0.25, -0.2) is 0 Å². The summed E-state index contributed by atoms with van der Waals surface area (Å²) in [7, 11) is 2.96. The van der Waals surface area contributed by atoms with Gasteiger partial charge in [0.15, 0.2) is 5.78 Å². The van der Waals surface area contributed by atoms with Crippen molar-refractivity contribution in [1.82, 2.24) is 0 Å². The lowest BCUT2D eigenvalue weighted by atomic mass is 10.1. The lowest BCUT2D eigenvalue weighted by molar-refractivity contribution is -0.116. The highest BCUT2D eigenvalue weighted by atomic mass is 35.5. The smallest absolute Gasteiger partial charge is 0.224 e. The molecular formula is C18H18ClNO4. The molecule has 6 heteroatoms. The summed E-state index contributed by atoms with van der Waals surface area (Å²) in [6.45, 7) is 0. The minimum absolute atomic E-state index is 0.0713. The molecule has 0 radical (unpaired) electrons. The minimum atomic E-state index is -0.290. The van der Waals surface area contributed by atoms with Crippen molar-refractivity contribution in [2.24, 2.45) is 0 Å². The first-order chi connectivity index (χ1) is 11.5. The Labute approximate surface area is 145 Å². The number of ketones is 1. The van der Waals surface area contributed by atoms with Crippen LogP contribution in [0.25, 0.3) is 0 Å². The third kappa shape index (κ3) is 4.49. The predicted molar refractivity (Wildman–Crippen MR) is 93.2 cm³/mol. The van der Waals surface area contributed by atoms with Gasteiger partial charge in [-0.15, -0.1) is 0 Å². The third-order valence-electron chi connectivity index (χ3n) is 3.42. The normalized spacial score (nSPS) is 10.1. The molecule has 0 unspecified atom stereocenters. The second kappa shape index (κ2) is 8.36. The Morgan fingerprint density at radius 3 is 2.29 bits per heavy atom. The Bertz CT molecular complexity index is 731. The fourth-order valence-electron chi connectivity index (χ4n) is 2.17. The molecule has 0 aromatic heterocycles. The second-order valence-corrected chi connectivity index (χ2v) is 5.43. The first-order valence-electron chi connectivity index (χ1n) is 7.34. The lowest BCUT2D eigenvalue weighted by Gasteiger charge is -2.13. The maximum absolute atomic E-state index is 12.1. The maximum Gasteiger partial charge on any atom is 0.224 e. The number of Topliss-reactive ketones (excluding diaryl/α,β-unsaturated/α-hetero) is 1. The van der Waals surface area contributed by atoms with E-state index in [1.807, 2.05) is 6.07 Å². The fraction of sp³-hybridized carbons (Fsp3) is 0.222. The fourth-order valence-corrected chi connectivity index (χ4v) is 2.40. The highest BCUT2D eigenvalue weighted by Crippen LogP contribution is 2.35. The van der Waals surface area contributed by atoms with E-state index in [0.29, 0.717) is 27.8 Å². The first kappa shape index (κ1) is 17.8. The molecule has 0 bridgehead atoms. The van der Waals surface area contributed by atoms with Gasteiger partial charge in [0.25, 0.3) is 0 Å². The zero-order valence-electron chi connectivity index (χ0n) is 13.5. The average molecular weight is 348 g/mol. The Balaban J connectivity index is 2.01. The van der Waals surface area contributed by atoms with Crippen molar-refractivity contribution in [2.75, 3.05) is 19.5 Å². The largest absolute Gasteiger partial charge is 0.495 e. The van der Waals surface area contributed by atoms with Gasteiger partial charge in [-0.3, -0.25) is 9.59 Å². The van der Waals surface area contributed by atoms with Crippen molar-refractivity contribution in [1.29, 1.82) is 0 Å². The number of nitrogens with one attached hydrogen (secondary N) is 1. The number of carbonyl (C=O) groups excluding carboxylic acids is 2. The molecule has 0 fully saturated rings. The average Bonchev–Trinajstić information content (AvgIpc) is 2.61. The number of carbonyl (C=O) groups is 2. The quantitative estimate of drug-likeness (QED) is 0.770. The van der Waals surface area contributed by atoms with Crippen LogP contribution in [0, 0.1) is 0 Å². The number of methoxy groups -OCH3 is 2. The van der Waals surface area contributed by atoms with Gasteiger partial charge < -0.3 is 14.8 Å². The molecule has 1 amide bonds. The molecule has 1 N–H and O–H groups in total. The van der Waals surface area contributed by atoms with E-state index in [4.69, 9.17) is 21.1 Å². The molecule has 0 heterocycles. The highest BCUT2D eigenvalue weighted by Gasteiger charge is 2.14. The summed E-state index contributed by atoms with van der Waals surface area (Å²) >= 11 is 6.03. The summed E-state index contributed by atoms with van der Waals surface area (Å²) in [5, 5.41) is 3.10. The van der Waals surface area contributed by atoms with E-state index in [9.17, 15) is 9.59 Å². The topological polar surface area (TPSA) is 64.6 Å². The van der Waals surface area contributed by atoms with E-state index in [2.05, 4.69) is 5.32 Å². The van der Waals surface area contributed by atoms with Crippen LogP contribution in [-0.4, -0.2) is 25.9 Å². The number of benzene rings is 2. The van der Waals surface area contributed by atoms with Gasteiger partial charge >= 0.3 is 0 Å². The summed E-state index contributed by atoms with van der Waals surface area (Å²) in [5.74, 6) is 0.477. The van der Waals surface area contributed by atoms with Crippen LogP contribution in [0.3, 0.4) is 0 Å².